The number of nitrogens with zero attached hydrogens (tertiary/aromatic N) is 3. The third-order valence-corrected chi connectivity index (χ3v) is 6.01. The Labute approximate surface area is 189 Å². The minimum Gasteiger partial charge on any atom is -0.467 e. The summed E-state index contributed by atoms with van der Waals surface area (Å²) >= 11 is 0. The molecule has 1 N–H and O–H groups in total. The van der Waals surface area contributed by atoms with Gasteiger partial charge in [0.1, 0.15) is 11.6 Å². The number of likely N-dealkylation sites (tertiary alicyclic amines) is 2. The maximum atomic E-state index is 13.9. The van der Waals surface area contributed by atoms with Crippen molar-refractivity contribution < 1.29 is 13.9 Å². The number of guanidine groups is 1. The van der Waals surface area contributed by atoms with Crippen LogP contribution in [0.25, 0.3) is 0 Å². The molecule has 2 fully saturated rings. The van der Waals surface area contributed by atoms with Crippen molar-refractivity contribution in [2.45, 2.75) is 44.8 Å². The third-order valence-electron chi connectivity index (χ3n) is 6.01. The van der Waals surface area contributed by atoms with Crippen molar-refractivity contribution in [1.29, 1.82) is 0 Å². The summed E-state index contributed by atoms with van der Waals surface area (Å²) in [5, 5.41) is 3.46. The molecule has 0 aromatic heterocycles. The van der Waals surface area contributed by atoms with E-state index < -0.39 is 0 Å². The molecule has 3 aliphatic rings. The fourth-order valence-corrected chi connectivity index (χ4v) is 4.60. The van der Waals surface area contributed by atoms with E-state index in [0.29, 0.717) is 25.6 Å². The predicted octanol–water partition coefficient (Wildman–Crippen LogP) is 2.99. The topological polar surface area (TPSA) is 49.3 Å². The van der Waals surface area contributed by atoms with E-state index in [4.69, 9.17) is 9.47 Å². The summed E-state index contributed by atoms with van der Waals surface area (Å²) in [4.78, 5) is 9.47. The molecule has 3 aliphatic heterocycles. The van der Waals surface area contributed by atoms with E-state index >= 15 is 0 Å². The van der Waals surface area contributed by atoms with Gasteiger partial charge in [-0.05, 0) is 56.5 Å². The first-order valence-corrected chi connectivity index (χ1v) is 10.5. The molecular formula is C21H32FIN4O2. The van der Waals surface area contributed by atoms with Gasteiger partial charge in [0, 0.05) is 38.3 Å². The van der Waals surface area contributed by atoms with Crippen LogP contribution < -0.4 is 10.1 Å². The van der Waals surface area contributed by atoms with E-state index in [2.05, 4.69) is 20.1 Å². The summed E-state index contributed by atoms with van der Waals surface area (Å²) in [6, 6.07) is 3.70. The second-order valence-electron chi connectivity index (χ2n) is 7.87. The molecule has 162 valence electrons. The van der Waals surface area contributed by atoms with Crippen LogP contribution >= 0.6 is 24.0 Å². The molecule has 8 heteroatoms. The van der Waals surface area contributed by atoms with Gasteiger partial charge in [-0.25, -0.2) is 4.39 Å². The molecule has 0 amide bonds. The van der Waals surface area contributed by atoms with E-state index in [1.807, 2.05) is 7.05 Å². The lowest BCUT2D eigenvalue weighted by Crippen LogP contribution is -2.44. The highest BCUT2D eigenvalue weighted by atomic mass is 127. The van der Waals surface area contributed by atoms with Gasteiger partial charge in [0.05, 0.1) is 6.61 Å². The molecule has 3 heterocycles. The first kappa shape index (κ1) is 22.6. The van der Waals surface area contributed by atoms with E-state index in [-0.39, 0.29) is 36.6 Å². The third kappa shape index (κ3) is 5.52. The first-order chi connectivity index (χ1) is 13.7. The molecule has 0 saturated carbocycles. The van der Waals surface area contributed by atoms with Crippen LogP contribution in [-0.2, 0) is 17.8 Å². The first-order valence-electron chi connectivity index (χ1n) is 10.5. The van der Waals surface area contributed by atoms with Crippen molar-refractivity contribution in [1.82, 2.24) is 15.1 Å². The molecule has 1 aromatic carbocycles. The molecule has 0 bridgehead atoms. The van der Waals surface area contributed by atoms with Crippen molar-refractivity contribution in [2.24, 2.45) is 4.99 Å². The van der Waals surface area contributed by atoms with Crippen molar-refractivity contribution in [3.05, 3.63) is 29.1 Å². The smallest absolute Gasteiger partial charge is 0.193 e. The van der Waals surface area contributed by atoms with E-state index in [1.54, 1.807) is 6.07 Å². The Hall–Kier alpha value is -1.13. The summed E-state index contributed by atoms with van der Waals surface area (Å²) < 4.78 is 24.8. The zero-order valence-electron chi connectivity index (χ0n) is 17.2. The zero-order valence-corrected chi connectivity index (χ0v) is 19.5. The summed E-state index contributed by atoms with van der Waals surface area (Å²) in [7, 11) is 1.83. The second kappa shape index (κ2) is 10.8. The van der Waals surface area contributed by atoms with Crippen molar-refractivity contribution in [2.75, 3.05) is 46.6 Å². The lowest BCUT2D eigenvalue weighted by molar-refractivity contribution is -0.0172. The molecule has 1 unspecified atom stereocenters. The second-order valence-corrected chi connectivity index (χ2v) is 7.87. The number of hydrogen-bond acceptors (Lipinski definition) is 4. The fourth-order valence-electron chi connectivity index (χ4n) is 4.60. The number of rotatable bonds is 4. The number of hydrogen-bond donors (Lipinski definition) is 1. The average molecular weight is 518 g/mol. The van der Waals surface area contributed by atoms with Gasteiger partial charge in [-0.2, -0.15) is 0 Å². The molecule has 0 spiro atoms. The Morgan fingerprint density at radius 3 is 2.86 bits per heavy atom. The predicted molar refractivity (Wildman–Crippen MR) is 123 cm³/mol. The summed E-state index contributed by atoms with van der Waals surface area (Å²) in [5.41, 5.74) is 1.67. The fraction of sp³-hybridized carbons (Fsp3) is 0.667. The van der Waals surface area contributed by atoms with Gasteiger partial charge in [0.25, 0.3) is 0 Å². The molecule has 0 radical (unpaired) electrons. The maximum absolute atomic E-state index is 13.9. The number of nitrogens with one attached hydrogen (secondary N) is 1. The van der Waals surface area contributed by atoms with Crippen molar-refractivity contribution >= 4 is 29.9 Å². The van der Waals surface area contributed by atoms with Crippen LogP contribution in [0.5, 0.6) is 5.75 Å². The quantitative estimate of drug-likeness (QED) is 0.378. The maximum Gasteiger partial charge on any atom is 0.193 e. The zero-order chi connectivity index (χ0) is 19.3. The van der Waals surface area contributed by atoms with E-state index in [9.17, 15) is 4.39 Å². The molecule has 0 aliphatic carbocycles. The Kier molecular flexibility index (Phi) is 8.37. The number of fused-ring (bicyclic) bond motifs is 1. The highest BCUT2D eigenvalue weighted by molar-refractivity contribution is 14.0. The van der Waals surface area contributed by atoms with Crippen LogP contribution in [0.1, 0.15) is 36.8 Å². The van der Waals surface area contributed by atoms with Gasteiger partial charge in [-0.15, -0.1) is 24.0 Å². The highest BCUT2D eigenvalue weighted by Gasteiger charge is 2.30. The largest absolute Gasteiger partial charge is 0.467 e. The number of piperidine rings is 1. The summed E-state index contributed by atoms with van der Waals surface area (Å²) in [5.74, 6) is 1.47. The van der Waals surface area contributed by atoms with Crippen molar-refractivity contribution in [3.63, 3.8) is 0 Å². The Morgan fingerprint density at radius 2 is 2.07 bits per heavy atom. The van der Waals surface area contributed by atoms with Crippen LogP contribution in [0, 0.1) is 5.82 Å². The molecule has 6 nitrogen and oxygen atoms in total. The monoisotopic (exact) mass is 518 g/mol. The average Bonchev–Trinajstić information content (AvgIpc) is 3.21. The van der Waals surface area contributed by atoms with Crippen LogP contribution in [0.2, 0.25) is 0 Å². The number of ether oxygens (including phenoxy) is 2. The summed E-state index contributed by atoms with van der Waals surface area (Å²) in [6.07, 6.45) is 5.91. The van der Waals surface area contributed by atoms with Gasteiger partial charge in [-0.1, -0.05) is 6.42 Å². The SMILES string of the molecule is CN=C(NCCc1cc(F)cc2c1OCOC2)N1CCC(N2CCCCC2)C1.I. The number of aliphatic imine (C=N–C) groups is 1. The lowest BCUT2D eigenvalue weighted by atomic mass is 10.1. The van der Waals surface area contributed by atoms with Crippen LogP contribution in [0.15, 0.2) is 17.1 Å². The van der Waals surface area contributed by atoms with Gasteiger partial charge in [0.2, 0.25) is 0 Å². The molecule has 1 aromatic rings. The molecule has 2 saturated heterocycles. The van der Waals surface area contributed by atoms with E-state index in [0.717, 1.165) is 35.9 Å². The molecule has 1 atom stereocenters. The minimum absolute atomic E-state index is 0. The van der Waals surface area contributed by atoms with Crippen molar-refractivity contribution in [3.8, 4) is 5.75 Å². The Morgan fingerprint density at radius 1 is 1.24 bits per heavy atom. The standard InChI is InChI=1S/C21H31FN4O2.HI/c1-23-21(26-10-6-19(13-26)25-8-3-2-4-9-25)24-7-5-16-11-18(22)12-17-14-27-15-28-20(16)17;/h11-12,19H,2-10,13-15H2,1H3,(H,23,24);1H. The molecular weight excluding hydrogens is 486 g/mol. The lowest BCUT2D eigenvalue weighted by Gasteiger charge is -2.32. The molecule has 4 rings (SSSR count). The molecule has 29 heavy (non-hydrogen) atoms. The highest BCUT2D eigenvalue weighted by Crippen LogP contribution is 2.29. The number of benzene rings is 1. The Bertz CT molecular complexity index is 712. The van der Waals surface area contributed by atoms with Gasteiger partial charge >= 0.3 is 0 Å². The van der Waals surface area contributed by atoms with Gasteiger partial charge in [-0.3, -0.25) is 9.89 Å². The van der Waals surface area contributed by atoms with E-state index in [1.165, 1.54) is 44.8 Å². The Balaban J connectivity index is 0.00000240. The number of halogens is 2. The van der Waals surface area contributed by atoms with Gasteiger partial charge < -0.3 is 19.7 Å². The summed E-state index contributed by atoms with van der Waals surface area (Å²) in [6.45, 7) is 5.87. The van der Waals surface area contributed by atoms with Crippen LogP contribution in [-0.4, -0.2) is 68.4 Å². The minimum atomic E-state index is -0.240. The van der Waals surface area contributed by atoms with Crippen LogP contribution in [0.4, 0.5) is 4.39 Å². The van der Waals surface area contributed by atoms with Gasteiger partial charge in [0.15, 0.2) is 12.8 Å². The van der Waals surface area contributed by atoms with Crippen LogP contribution in [0.3, 0.4) is 0 Å². The normalized spacial score (nSPS) is 22.6.